The van der Waals surface area contributed by atoms with Gasteiger partial charge < -0.3 is 4.98 Å². The summed E-state index contributed by atoms with van der Waals surface area (Å²) in [4.78, 5) is 23.0. The number of nitrogens with one attached hydrogen (secondary N) is 1. The summed E-state index contributed by atoms with van der Waals surface area (Å²) in [5.74, 6) is 0. The number of para-hydroxylation sites is 1. The maximum atomic E-state index is 12.0. The van der Waals surface area contributed by atoms with E-state index in [1.54, 1.807) is 6.07 Å². The van der Waals surface area contributed by atoms with Crippen molar-refractivity contribution in [2.75, 3.05) is 0 Å². The first-order valence-corrected chi connectivity index (χ1v) is 4.57. The topological polar surface area (TPSA) is 58.6 Å². The Labute approximate surface area is 84.6 Å². The Morgan fingerprint density at radius 1 is 1.13 bits per heavy atom. The summed E-state index contributed by atoms with van der Waals surface area (Å²) >= 11 is 0. The van der Waals surface area contributed by atoms with Crippen molar-refractivity contribution in [1.29, 1.82) is 0 Å². The Morgan fingerprint density at radius 3 is 2.93 bits per heavy atom. The van der Waals surface area contributed by atoms with Crippen molar-refractivity contribution >= 4 is 21.9 Å². The van der Waals surface area contributed by atoms with E-state index in [1.807, 2.05) is 18.2 Å². The summed E-state index contributed by atoms with van der Waals surface area (Å²) in [6, 6.07) is 7.37. The number of rotatable bonds is 0. The second-order valence-electron chi connectivity index (χ2n) is 3.28. The number of hydrogen-bond donors (Lipinski definition) is 1. The maximum absolute atomic E-state index is 12.0. The predicted octanol–water partition coefficient (Wildman–Crippen LogP) is 1.47. The van der Waals surface area contributed by atoms with Crippen molar-refractivity contribution in [3.05, 3.63) is 47.0 Å². The quantitative estimate of drug-likeness (QED) is 0.555. The molecule has 0 aliphatic heterocycles. The second-order valence-corrected chi connectivity index (χ2v) is 3.28. The lowest BCUT2D eigenvalue weighted by molar-refractivity contribution is 1.19. The first-order valence-electron chi connectivity index (χ1n) is 4.57. The van der Waals surface area contributed by atoms with E-state index in [0.717, 1.165) is 5.52 Å². The summed E-state index contributed by atoms with van der Waals surface area (Å²) in [5, 5.41) is 1.19. The molecule has 0 saturated carbocycles. The molecule has 0 aliphatic carbocycles. The fraction of sp³-hybridized carbons (Fsp3) is 0. The first kappa shape index (κ1) is 8.11. The summed E-state index contributed by atoms with van der Waals surface area (Å²) < 4.78 is 0. The van der Waals surface area contributed by atoms with E-state index in [4.69, 9.17) is 0 Å². The van der Waals surface area contributed by atoms with Gasteiger partial charge in [0.2, 0.25) is 0 Å². The van der Waals surface area contributed by atoms with E-state index >= 15 is 0 Å². The van der Waals surface area contributed by atoms with E-state index in [9.17, 15) is 4.79 Å². The normalized spacial score (nSPS) is 10.9. The van der Waals surface area contributed by atoms with Crippen LogP contribution in [0.25, 0.3) is 21.9 Å². The number of pyridine rings is 1. The molecule has 0 radical (unpaired) electrons. The van der Waals surface area contributed by atoms with Crippen LogP contribution in [0.3, 0.4) is 0 Å². The molecule has 4 heteroatoms. The van der Waals surface area contributed by atoms with Gasteiger partial charge in [0.05, 0.1) is 10.9 Å². The van der Waals surface area contributed by atoms with Crippen LogP contribution < -0.4 is 5.43 Å². The first-order chi connectivity index (χ1) is 7.36. The van der Waals surface area contributed by atoms with Gasteiger partial charge >= 0.3 is 0 Å². The van der Waals surface area contributed by atoms with E-state index in [2.05, 4.69) is 15.0 Å². The molecule has 3 aromatic rings. The lowest BCUT2D eigenvalue weighted by atomic mass is 10.2. The number of hydrogen-bond acceptors (Lipinski definition) is 3. The fourth-order valence-corrected chi connectivity index (χ4v) is 1.66. The second kappa shape index (κ2) is 2.88. The molecule has 0 fully saturated rings. The molecule has 1 aromatic carbocycles. The van der Waals surface area contributed by atoms with Gasteiger partial charge in [0.1, 0.15) is 12.0 Å². The molecule has 3 rings (SSSR count). The largest absolute Gasteiger partial charge is 0.339 e. The minimum absolute atomic E-state index is 0.0278. The van der Waals surface area contributed by atoms with Gasteiger partial charge in [-0.05, 0) is 12.1 Å². The molecule has 0 aliphatic rings. The van der Waals surface area contributed by atoms with Crippen molar-refractivity contribution in [2.24, 2.45) is 0 Å². The number of benzene rings is 1. The molecule has 0 unspecified atom stereocenters. The third kappa shape index (κ3) is 1.11. The Balaban J connectivity index is 2.66. The van der Waals surface area contributed by atoms with Crippen molar-refractivity contribution in [3.63, 3.8) is 0 Å². The molecule has 2 heterocycles. The third-order valence-electron chi connectivity index (χ3n) is 2.38. The molecule has 1 N–H and O–H groups in total. The van der Waals surface area contributed by atoms with Gasteiger partial charge in [0.15, 0.2) is 5.43 Å². The van der Waals surface area contributed by atoms with Crippen molar-refractivity contribution in [3.8, 4) is 0 Å². The number of fused-ring (bicyclic) bond motifs is 2. The Hall–Kier alpha value is -2.23. The molecule has 0 amide bonds. The van der Waals surface area contributed by atoms with Gasteiger partial charge in [0.25, 0.3) is 0 Å². The minimum atomic E-state index is -0.0278. The van der Waals surface area contributed by atoms with E-state index in [0.29, 0.717) is 16.4 Å². The average Bonchev–Trinajstić information content (AvgIpc) is 2.30. The van der Waals surface area contributed by atoms with Gasteiger partial charge in [-0.2, -0.15) is 0 Å². The predicted molar refractivity (Wildman–Crippen MR) is 57.7 cm³/mol. The Kier molecular flexibility index (Phi) is 1.56. The summed E-state index contributed by atoms with van der Waals surface area (Å²) in [6.07, 6.45) is 2.96. The van der Waals surface area contributed by atoms with Crippen molar-refractivity contribution < 1.29 is 0 Å². The molecule has 0 atom stereocenters. The molecule has 72 valence electrons. The van der Waals surface area contributed by atoms with E-state index < -0.39 is 0 Å². The van der Waals surface area contributed by atoms with Crippen LogP contribution in [-0.4, -0.2) is 15.0 Å². The molecule has 2 aromatic heterocycles. The molecular weight excluding hydrogens is 190 g/mol. The van der Waals surface area contributed by atoms with Crippen LogP contribution in [0.2, 0.25) is 0 Å². The summed E-state index contributed by atoms with van der Waals surface area (Å²) in [5.41, 5.74) is 1.35. The molecule has 0 saturated heterocycles. The van der Waals surface area contributed by atoms with Crippen LogP contribution in [0.5, 0.6) is 0 Å². The van der Waals surface area contributed by atoms with Crippen LogP contribution >= 0.6 is 0 Å². The number of aromatic amines is 1. The highest BCUT2D eigenvalue weighted by Gasteiger charge is 2.04. The van der Waals surface area contributed by atoms with E-state index in [1.165, 1.54) is 12.5 Å². The smallest absolute Gasteiger partial charge is 0.200 e. The fourth-order valence-electron chi connectivity index (χ4n) is 1.66. The number of aromatic nitrogens is 3. The van der Waals surface area contributed by atoms with Crippen LogP contribution in [0.1, 0.15) is 0 Å². The van der Waals surface area contributed by atoms with E-state index in [-0.39, 0.29) is 5.43 Å². The highest BCUT2D eigenvalue weighted by atomic mass is 16.1. The van der Waals surface area contributed by atoms with Crippen LogP contribution in [0.4, 0.5) is 0 Å². The van der Waals surface area contributed by atoms with Crippen LogP contribution in [0, 0.1) is 0 Å². The van der Waals surface area contributed by atoms with Gasteiger partial charge in [-0.15, -0.1) is 0 Å². The highest BCUT2D eigenvalue weighted by Crippen LogP contribution is 2.10. The minimum Gasteiger partial charge on any atom is -0.339 e. The average molecular weight is 197 g/mol. The molecule has 4 nitrogen and oxygen atoms in total. The summed E-state index contributed by atoms with van der Waals surface area (Å²) in [6.45, 7) is 0. The number of H-pyrrole nitrogens is 1. The zero-order valence-electron chi connectivity index (χ0n) is 7.77. The monoisotopic (exact) mass is 197 g/mol. The summed E-state index contributed by atoms with van der Waals surface area (Å²) in [7, 11) is 0. The molecule has 15 heavy (non-hydrogen) atoms. The van der Waals surface area contributed by atoms with Gasteiger partial charge in [-0.3, -0.25) is 4.79 Å². The van der Waals surface area contributed by atoms with Crippen molar-refractivity contribution in [1.82, 2.24) is 15.0 Å². The highest BCUT2D eigenvalue weighted by molar-refractivity contribution is 5.90. The zero-order valence-corrected chi connectivity index (χ0v) is 7.77. The molecule has 0 spiro atoms. The van der Waals surface area contributed by atoms with Crippen LogP contribution in [0.15, 0.2) is 41.6 Å². The maximum Gasteiger partial charge on any atom is 0.200 e. The standard InChI is InChI=1S/C11H7N3O/c15-10-7-3-1-2-4-9(7)14-11-8(10)5-12-6-13-11/h1-6H,(H,12,13,14,15). The van der Waals surface area contributed by atoms with Crippen molar-refractivity contribution in [2.45, 2.75) is 0 Å². The molecule has 0 bridgehead atoms. The SMILES string of the molecule is O=c1c2ccccc2[nH]c2ncncc12. The zero-order chi connectivity index (χ0) is 10.3. The number of nitrogens with zero attached hydrogens (tertiary/aromatic N) is 2. The van der Waals surface area contributed by atoms with Gasteiger partial charge in [-0.25, -0.2) is 9.97 Å². The Morgan fingerprint density at radius 2 is 2.00 bits per heavy atom. The Bertz CT molecular complexity index is 646. The van der Waals surface area contributed by atoms with Gasteiger partial charge in [-0.1, -0.05) is 12.1 Å². The van der Waals surface area contributed by atoms with Gasteiger partial charge in [0, 0.05) is 11.6 Å². The lowest BCUT2D eigenvalue weighted by Gasteiger charge is -1.99. The lowest BCUT2D eigenvalue weighted by Crippen LogP contribution is -2.05. The van der Waals surface area contributed by atoms with Crippen LogP contribution in [-0.2, 0) is 0 Å². The molecular formula is C11H7N3O. The third-order valence-corrected chi connectivity index (χ3v) is 2.38.